The van der Waals surface area contributed by atoms with E-state index >= 15 is 0 Å². The van der Waals surface area contributed by atoms with E-state index in [-0.39, 0.29) is 10.9 Å². The summed E-state index contributed by atoms with van der Waals surface area (Å²) in [5, 5.41) is 0. The minimum Gasteiger partial charge on any atom is -0.399 e. The second-order valence-corrected chi connectivity index (χ2v) is 9.40. The normalized spacial score (nSPS) is 13.3. The number of rotatable bonds is 4. The van der Waals surface area contributed by atoms with Crippen molar-refractivity contribution in [2.24, 2.45) is 0 Å². The van der Waals surface area contributed by atoms with Gasteiger partial charge in [-0.05, 0) is 63.0 Å². The number of sulfonamides is 1. The Balaban J connectivity index is 2.35. The Bertz CT molecular complexity index is 754. The molecule has 0 fully saturated rings. The molecule has 0 spiro atoms. The van der Waals surface area contributed by atoms with Crippen molar-refractivity contribution in [3.05, 3.63) is 42.4 Å². The van der Waals surface area contributed by atoms with Gasteiger partial charge in [0.25, 0.3) is 0 Å². The summed E-state index contributed by atoms with van der Waals surface area (Å²) in [6, 6.07) is 6.25. The highest BCUT2D eigenvalue weighted by Gasteiger charge is 2.24. The van der Waals surface area contributed by atoms with Crippen molar-refractivity contribution < 1.29 is 8.42 Å². The molecule has 0 bridgehead atoms. The molecule has 114 valence electrons. The fourth-order valence-corrected chi connectivity index (χ4v) is 6.73. The number of anilines is 1. The minimum atomic E-state index is -3.71. The number of hydrogen-bond acceptors (Lipinski definition) is 4. The van der Waals surface area contributed by atoms with Gasteiger partial charge in [-0.2, -0.15) is 0 Å². The zero-order chi connectivity index (χ0) is 15.8. The van der Waals surface area contributed by atoms with Gasteiger partial charge in [-0.3, -0.25) is 0 Å². The van der Waals surface area contributed by atoms with E-state index in [0.717, 1.165) is 4.88 Å². The Hall–Kier alpha value is -0.120. The predicted molar refractivity (Wildman–Crippen MR) is 94.3 cm³/mol. The van der Waals surface area contributed by atoms with Crippen LogP contribution in [0.3, 0.4) is 0 Å². The molecule has 1 heterocycles. The van der Waals surface area contributed by atoms with Gasteiger partial charge in [0.15, 0.2) is 0 Å². The smallest absolute Gasteiger partial charge is 0.243 e. The molecule has 21 heavy (non-hydrogen) atoms. The van der Waals surface area contributed by atoms with Gasteiger partial charge in [-0.1, -0.05) is 11.6 Å². The lowest BCUT2D eigenvalue weighted by Crippen LogP contribution is -2.27. The highest BCUT2D eigenvalue weighted by Crippen LogP contribution is 2.34. The van der Waals surface area contributed by atoms with Crippen molar-refractivity contribution in [2.75, 3.05) is 5.73 Å². The first-order valence-corrected chi connectivity index (χ1v) is 9.99. The maximum atomic E-state index is 12.5. The molecule has 0 amide bonds. The second kappa shape index (κ2) is 6.55. The number of nitrogen functional groups attached to an aromatic ring is 1. The van der Waals surface area contributed by atoms with E-state index in [1.807, 2.05) is 0 Å². The first-order valence-electron chi connectivity index (χ1n) is 5.73. The Labute approximate surface area is 149 Å². The minimum absolute atomic E-state index is 0.117. The molecule has 3 N–H and O–H groups in total. The van der Waals surface area contributed by atoms with Crippen LogP contribution in [0.2, 0.25) is 4.34 Å². The van der Waals surface area contributed by atoms with Gasteiger partial charge in [0.05, 0.1) is 10.4 Å². The second-order valence-electron chi connectivity index (χ2n) is 4.30. The lowest BCUT2D eigenvalue weighted by Gasteiger charge is -2.15. The number of nitrogens with one attached hydrogen (secondary N) is 1. The number of thiophene rings is 1. The van der Waals surface area contributed by atoms with Gasteiger partial charge < -0.3 is 5.73 Å². The van der Waals surface area contributed by atoms with E-state index in [1.54, 1.807) is 31.2 Å². The van der Waals surface area contributed by atoms with Gasteiger partial charge in [-0.25, -0.2) is 13.1 Å². The van der Waals surface area contributed by atoms with E-state index in [1.165, 1.54) is 11.3 Å². The number of hydrogen-bond donors (Lipinski definition) is 2. The van der Waals surface area contributed by atoms with E-state index in [0.29, 0.717) is 19.0 Å². The van der Waals surface area contributed by atoms with E-state index < -0.39 is 10.0 Å². The molecule has 2 rings (SSSR count). The lowest BCUT2D eigenvalue weighted by atomic mass is 10.3. The molecule has 0 saturated heterocycles. The van der Waals surface area contributed by atoms with Crippen LogP contribution in [0.1, 0.15) is 17.8 Å². The first kappa shape index (κ1) is 17.2. The third-order valence-electron chi connectivity index (χ3n) is 2.64. The van der Waals surface area contributed by atoms with Crippen molar-refractivity contribution >= 4 is 70.5 Å². The molecule has 1 aromatic carbocycles. The van der Waals surface area contributed by atoms with Crippen LogP contribution < -0.4 is 10.5 Å². The van der Waals surface area contributed by atoms with Crippen LogP contribution in [0.5, 0.6) is 0 Å². The third kappa shape index (κ3) is 4.00. The number of nitrogens with two attached hydrogens (primary N) is 1. The van der Waals surface area contributed by atoms with Crippen LogP contribution >= 0.6 is 54.8 Å². The average molecular weight is 475 g/mol. The van der Waals surface area contributed by atoms with Gasteiger partial charge in [0.2, 0.25) is 10.0 Å². The zero-order valence-corrected chi connectivity index (χ0v) is 16.3. The molecule has 0 saturated carbocycles. The Morgan fingerprint density at radius 2 is 1.86 bits per heavy atom. The maximum Gasteiger partial charge on any atom is 0.243 e. The van der Waals surface area contributed by atoms with Gasteiger partial charge in [0.1, 0.15) is 4.90 Å². The summed E-state index contributed by atoms with van der Waals surface area (Å²) in [5.74, 6) is 0. The molecule has 4 nitrogen and oxygen atoms in total. The Morgan fingerprint density at radius 1 is 1.29 bits per heavy atom. The summed E-state index contributed by atoms with van der Waals surface area (Å²) < 4.78 is 29.1. The van der Waals surface area contributed by atoms with Crippen LogP contribution in [0.25, 0.3) is 0 Å². The largest absolute Gasteiger partial charge is 0.399 e. The highest BCUT2D eigenvalue weighted by molar-refractivity contribution is 9.11. The average Bonchev–Trinajstić information content (AvgIpc) is 2.73. The number of halogens is 3. The maximum absolute atomic E-state index is 12.5. The summed E-state index contributed by atoms with van der Waals surface area (Å²) in [4.78, 5) is 0.956. The van der Waals surface area contributed by atoms with Crippen LogP contribution in [-0.2, 0) is 10.0 Å². The molecular weight excluding hydrogens is 464 g/mol. The summed E-state index contributed by atoms with van der Waals surface area (Å²) >= 11 is 13.7. The molecule has 1 aromatic heterocycles. The molecule has 0 radical (unpaired) electrons. The Morgan fingerprint density at radius 3 is 2.33 bits per heavy atom. The van der Waals surface area contributed by atoms with Crippen molar-refractivity contribution in [1.82, 2.24) is 4.72 Å². The molecular formula is C12H11Br2ClN2O2S2. The third-order valence-corrected chi connectivity index (χ3v) is 7.47. The van der Waals surface area contributed by atoms with Crippen LogP contribution in [0, 0.1) is 0 Å². The van der Waals surface area contributed by atoms with Crippen LogP contribution in [-0.4, -0.2) is 8.42 Å². The molecule has 1 unspecified atom stereocenters. The SMILES string of the molecule is CC(NS(=O)(=O)c1c(Br)cc(N)cc1Br)c1ccc(Cl)s1. The Kier molecular flexibility index (Phi) is 5.38. The van der Waals surface area contributed by atoms with Crippen molar-refractivity contribution in [2.45, 2.75) is 17.9 Å². The van der Waals surface area contributed by atoms with Gasteiger partial charge in [-0.15, -0.1) is 11.3 Å². The summed E-state index contributed by atoms with van der Waals surface area (Å²) in [6.45, 7) is 1.76. The first-order chi connectivity index (χ1) is 9.70. The highest BCUT2D eigenvalue weighted by atomic mass is 79.9. The van der Waals surface area contributed by atoms with Gasteiger partial charge in [0, 0.05) is 19.5 Å². The van der Waals surface area contributed by atoms with E-state index in [2.05, 4.69) is 36.6 Å². The molecule has 9 heteroatoms. The van der Waals surface area contributed by atoms with Crippen molar-refractivity contribution in [3.63, 3.8) is 0 Å². The predicted octanol–water partition coefficient (Wildman–Crippen LogP) is 4.55. The zero-order valence-electron chi connectivity index (χ0n) is 10.7. The van der Waals surface area contributed by atoms with E-state index in [9.17, 15) is 8.42 Å². The summed E-state index contributed by atoms with van der Waals surface area (Å²) in [7, 11) is -3.71. The van der Waals surface area contributed by atoms with Crippen LogP contribution in [0.15, 0.2) is 38.1 Å². The quantitative estimate of drug-likeness (QED) is 0.639. The summed E-state index contributed by atoms with van der Waals surface area (Å²) in [5.41, 5.74) is 6.14. The molecule has 1 atom stereocenters. The molecule has 0 aliphatic carbocycles. The molecule has 2 aromatic rings. The monoisotopic (exact) mass is 472 g/mol. The lowest BCUT2D eigenvalue weighted by molar-refractivity contribution is 0.567. The van der Waals surface area contributed by atoms with Crippen molar-refractivity contribution in [3.8, 4) is 0 Å². The van der Waals surface area contributed by atoms with Gasteiger partial charge >= 0.3 is 0 Å². The summed E-state index contributed by atoms with van der Waals surface area (Å²) in [6.07, 6.45) is 0. The molecule has 0 aliphatic heterocycles. The topological polar surface area (TPSA) is 72.2 Å². The van der Waals surface area contributed by atoms with Crippen molar-refractivity contribution in [1.29, 1.82) is 0 Å². The fraction of sp³-hybridized carbons (Fsp3) is 0.167. The van der Waals surface area contributed by atoms with Crippen LogP contribution in [0.4, 0.5) is 5.69 Å². The molecule has 0 aliphatic rings. The van der Waals surface area contributed by atoms with E-state index in [4.69, 9.17) is 17.3 Å². The fourth-order valence-electron chi connectivity index (χ4n) is 1.75. The standard InChI is InChI=1S/C12H11Br2ClN2O2S2/c1-6(10-2-3-11(15)20-10)17-21(18,19)12-8(13)4-7(16)5-9(12)14/h2-6,17H,16H2,1H3. The number of benzene rings is 1.